The zero-order chi connectivity index (χ0) is 22.9. The van der Waals surface area contributed by atoms with Gasteiger partial charge in [-0.05, 0) is 37.3 Å². The lowest BCUT2D eigenvalue weighted by Gasteiger charge is -2.17. The molecule has 2 aromatic rings. The van der Waals surface area contributed by atoms with E-state index in [4.69, 9.17) is 33.7 Å². The van der Waals surface area contributed by atoms with E-state index in [0.717, 1.165) is 28.8 Å². The number of amides is 1. The number of nitrogens with zero attached hydrogens (tertiary/aromatic N) is 1. The van der Waals surface area contributed by atoms with Crippen LogP contribution in [0, 0.1) is 0 Å². The van der Waals surface area contributed by atoms with Crippen LogP contribution < -0.4 is 9.64 Å². The first-order valence-corrected chi connectivity index (χ1v) is 10.2. The van der Waals surface area contributed by atoms with Crippen molar-refractivity contribution in [3.05, 3.63) is 63.5 Å². The Balaban J connectivity index is 1.95. The first-order valence-electron chi connectivity index (χ1n) is 8.62. The second-order valence-corrected chi connectivity index (χ2v) is 8.40. The third-order valence-corrected chi connectivity index (χ3v) is 5.80. The summed E-state index contributed by atoms with van der Waals surface area (Å²) in [6.45, 7) is 1.36. The van der Waals surface area contributed by atoms with Crippen molar-refractivity contribution < 1.29 is 32.6 Å². The Labute approximate surface area is 189 Å². The van der Waals surface area contributed by atoms with E-state index in [-0.39, 0.29) is 20.7 Å². The number of halogens is 4. The second kappa shape index (κ2) is 8.89. The Morgan fingerprint density at radius 3 is 2.61 bits per heavy atom. The van der Waals surface area contributed by atoms with Gasteiger partial charge in [0, 0.05) is 5.56 Å². The van der Waals surface area contributed by atoms with E-state index in [9.17, 15) is 22.8 Å². The van der Waals surface area contributed by atoms with E-state index >= 15 is 0 Å². The average molecular weight is 488 g/mol. The normalized spacial score (nSPS) is 16.7. The largest absolute Gasteiger partial charge is 0.479 e. The van der Waals surface area contributed by atoms with Gasteiger partial charge in [-0.25, -0.2) is 4.79 Å². The fourth-order valence-electron chi connectivity index (χ4n) is 2.65. The molecule has 1 fully saturated rings. The molecule has 0 aromatic heterocycles. The number of aliphatic carboxylic acids is 1. The smallest absolute Gasteiger partial charge is 0.417 e. The molecule has 1 aliphatic heterocycles. The summed E-state index contributed by atoms with van der Waals surface area (Å²) < 4.78 is 45.0. The summed E-state index contributed by atoms with van der Waals surface area (Å²) in [4.78, 5) is 25.1. The topological polar surface area (TPSA) is 66.8 Å². The van der Waals surface area contributed by atoms with Crippen molar-refractivity contribution in [2.75, 3.05) is 4.90 Å². The monoisotopic (exact) mass is 487 g/mol. The molecule has 0 aliphatic carbocycles. The lowest BCUT2D eigenvalue weighted by Crippen LogP contribution is -2.27. The molecule has 1 atom stereocenters. The molecule has 1 amide bonds. The molecule has 1 saturated heterocycles. The number of carboxylic acid groups (broad SMARTS) is 1. The molecule has 31 heavy (non-hydrogen) atoms. The predicted octanol–water partition coefficient (Wildman–Crippen LogP) is 5.62. The number of para-hydroxylation sites is 1. The van der Waals surface area contributed by atoms with Crippen LogP contribution in [0.5, 0.6) is 5.75 Å². The molecule has 11 heteroatoms. The Hall–Kier alpha value is -2.56. The lowest BCUT2D eigenvalue weighted by atomic mass is 10.1. The van der Waals surface area contributed by atoms with Crippen LogP contribution in [0.4, 0.5) is 18.9 Å². The Morgan fingerprint density at radius 1 is 1.29 bits per heavy atom. The van der Waals surface area contributed by atoms with Crippen LogP contribution in [0.2, 0.25) is 5.02 Å². The van der Waals surface area contributed by atoms with E-state index in [1.54, 1.807) is 24.3 Å². The maximum absolute atomic E-state index is 13.2. The third-order valence-electron chi connectivity index (χ3n) is 4.16. The van der Waals surface area contributed by atoms with Crippen LogP contribution in [0.25, 0.3) is 6.08 Å². The number of anilines is 1. The molecular weight excluding hydrogens is 475 g/mol. The molecule has 1 unspecified atom stereocenters. The average Bonchev–Trinajstić information content (AvgIpc) is 2.96. The number of carbonyl (C=O) groups is 2. The van der Waals surface area contributed by atoms with Gasteiger partial charge in [0.05, 0.1) is 21.2 Å². The van der Waals surface area contributed by atoms with Crippen molar-refractivity contribution >= 4 is 63.5 Å². The number of thioether (sulfide) groups is 1. The van der Waals surface area contributed by atoms with Gasteiger partial charge in [0.15, 0.2) is 10.4 Å². The summed E-state index contributed by atoms with van der Waals surface area (Å²) in [6, 6.07) is 9.55. The molecule has 0 spiro atoms. The van der Waals surface area contributed by atoms with Gasteiger partial charge >= 0.3 is 12.1 Å². The van der Waals surface area contributed by atoms with Crippen molar-refractivity contribution in [3.8, 4) is 5.75 Å². The highest BCUT2D eigenvalue weighted by molar-refractivity contribution is 8.27. The maximum Gasteiger partial charge on any atom is 0.417 e. The fourth-order valence-corrected chi connectivity index (χ4v) is 4.16. The van der Waals surface area contributed by atoms with Crippen LogP contribution >= 0.6 is 35.6 Å². The van der Waals surface area contributed by atoms with Gasteiger partial charge in [-0.1, -0.05) is 53.8 Å². The van der Waals surface area contributed by atoms with Crippen molar-refractivity contribution in [1.29, 1.82) is 0 Å². The number of ether oxygens (including phenoxy) is 1. The van der Waals surface area contributed by atoms with Gasteiger partial charge in [-0.2, -0.15) is 13.2 Å². The van der Waals surface area contributed by atoms with E-state index < -0.39 is 34.7 Å². The molecule has 162 valence electrons. The predicted molar refractivity (Wildman–Crippen MR) is 116 cm³/mol. The molecule has 0 bridgehead atoms. The molecule has 1 N–H and O–H groups in total. The quantitative estimate of drug-likeness (QED) is 0.436. The van der Waals surface area contributed by atoms with Gasteiger partial charge in [-0.15, -0.1) is 0 Å². The zero-order valence-corrected chi connectivity index (χ0v) is 18.0. The number of thiocarbonyl (C=S) groups is 1. The number of benzene rings is 2. The van der Waals surface area contributed by atoms with Crippen LogP contribution in [0.1, 0.15) is 18.1 Å². The van der Waals surface area contributed by atoms with E-state index in [1.165, 1.54) is 19.1 Å². The Bertz CT molecular complexity index is 1100. The minimum absolute atomic E-state index is 0.0454. The SMILES string of the molecule is CC(Oc1ccccc1/C=C1/SC(=S)N(c2ccc(Cl)c(C(F)(F)F)c2)C1=O)C(=O)O. The highest BCUT2D eigenvalue weighted by Crippen LogP contribution is 2.41. The van der Waals surface area contributed by atoms with Gasteiger partial charge < -0.3 is 9.84 Å². The molecule has 5 nitrogen and oxygen atoms in total. The number of carbonyl (C=O) groups excluding carboxylic acids is 1. The van der Waals surface area contributed by atoms with Crippen molar-refractivity contribution in [1.82, 2.24) is 0 Å². The van der Waals surface area contributed by atoms with Crippen LogP contribution in [-0.4, -0.2) is 27.4 Å². The lowest BCUT2D eigenvalue weighted by molar-refractivity contribution is -0.144. The molecular formula is C20H13ClF3NO4S2. The first kappa shape index (κ1) is 23.1. The highest BCUT2D eigenvalue weighted by Gasteiger charge is 2.37. The fraction of sp³-hybridized carbons (Fsp3) is 0.150. The summed E-state index contributed by atoms with van der Waals surface area (Å²) in [7, 11) is 0. The Morgan fingerprint density at radius 2 is 1.97 bits per heavy atom. The van der Waals surface area contributed by atoms with Gasteiger partial charge in [0.2, 0.25) is 0 Å². The van der Waals surface area contributed by atoms with Crippen molar-refractivity contribution in [3.63, 3.8) is 0 Å². The van der Waals surface area contributed by atoms with Gasteiger partial charge in [-0.3, -0.25) is 9.69 Å². The number of carboxylic acids is 1. The molecule has 0 radical (unpaired) electrons. The van der Waals surface area contributed by atoms with Crippen molar-refractivity contribution in [2.45, 2.75) is 19.2 Å². The van der Waals surface area contributed by atoms with E-state index in [1.807, 2.05) is 0 Å². The summed E-state index contributed by atoms with van der Waals surface area (Å²) in [5.41, 5.74) is -0.721. The summed E-state index contributed by atoms with van der Waals surface area (Å²) in [6.07, 6.45) is -4.37. The van der Waals surface area contributed by atoms with Crippen LogP contribution in [-0.2, 0) is 15.8 Å². The minimum Gasteiger partial charge on any atom is -0.479 e. The number of hydrogen-bond donors (Lipinski definition) is 1. The second-order valence-electron chi connectivity index (χ2n) is 6.32. The molecule has 1 aliphatic rings. The number of rotatable bonds is 5. The van der Waals surface area contributed by atoms with E-state index in [0.29, 0.717) is 5.56 Å². The maximum atomic E-state index is 13.2. The standard InChI is InChI=1S/C20H13ClF3NO4S2/c1-10(18(27)28)29-15-5-3-2-4-11(15)8-16-17(26)25(19(30)31-16)12-6-7-14(21)13(9-12)20(22,23)24/h2-10H,1H3,(H,27,28)/b16-8+. The van der Waals surface area contributed by atoms with E-state index in [2.05, 4.69) is 0 Å². The van der Waals surface area contributed by atoms with Crippen LogP contribution in [0.3, 0.4) is 0 Å². The number of hydrogen-bond acceptors (Lipinski definition) is 5. The third kappa shape index (κ3) is 5.03. The minimum atomic E-state index is -4.69. The summed E-state index contributed by atoms with van der Waals surface area (Å²) in [5, 5.41) is 8.55. The molecule has 0 saturated carbocycles. The summed E-state index contributed by atoms with van der Waals surface area (Å²) in [5.74, 6) is -1.55. The number of alkyl halides is 3. The van der Waals surface area contributed by atoms with Gasteiger partial charge in [0.25, 0.3) is 5.91 Å². The summed E-state index contributed by atoms with van der Waals surface area (Å²) >= 11 is 11.8. The molecule has 3 rings (SSSR count). The van der Waals surface area contributed by atoms with Gasteiger partial charge in [0.1, 0.15) is 5.75 Å². The zero-order valence-electron chi connectivity index (χ0n) is 15.6. The Kier molecular flexibility index (Phi) is 6.63. The first-order chi connectivity index (χ1) is 14.5. The molecule has 2 aromatic carbocycles. The highest BCUT2D eigenvalue weighted by atomic mass is 35.5. The van der Waals surface area contributed by atoms with Crippen molar-refractivity contribution in [2.24, 2.45) is 0 Å². The molecule has 1 heterocycles. The van der Waals surface area contributed by atoms with Crippen LogP contribution in [0.15, 0.2) is 47.4 Å².